The van der Waals surface area contributed by atoms with Crippen molar-refractivity contribution in [1.29, 1.82) is 0 Å². The van der Waals surface area contributed by atoms with Crippen molar-refractivity contribution in [3.63, 3.8) is 0 Å². The van der Waals surface area contributed by atoms with Crippen LogP contribution in [-0.2, 0) is 0 Å². The quantitative estimate of drug-likeness (QED) is 0.711. The number of hydrogen-bond donors (Lipinski definition) is 2. The highest BCUT2D eigenvalue weighted by molar-refractivity contribution is 9.10. The fourth-order valence-electron chi connectivity index (χ4n) is 1.33. The molecular formula is C9H8BrNO. The number of aromatic nitrogens is 1. The minimum Gasteiger partial charge on any atom is -0.495 e. The van der Waals surface area contributed by atoms with Gasteiger partial charge in [-0.25, -0.2) is 0 Å². The van der Waals surface area contributed by atoms with E-state index in [2.05, 4.69) is 20.9 Å². The molecule has 0 unspecified atom stereocenters. The molecule has 0 fully saturated rings. The van der Waals surface area contributed by atoms with Crippen LogP contribution in [0.3, 0.4) is 0 Å². The molecule has 0 radical (unpaired) electrons. The van der Waals surface area contributed by atoms with Crippen molar-refractivity contribution in [2.75, 3.05) is 0 Å². The summed E-state index contributed by atoms with van der Waals surface area (Å²) < 4.78 is 0.984. The van der Waals surface area contributed by atoms with Crippen LogP contribution in [0.2, 0.25) is 0 Å². The predicted molar refractivity (Wildman–Crippen MR) is 52.4 cm³/mol. The van der Waals surface area contributed by atoms with E-state index in [9.17, 15) is 5.11 Å². The monoisotopic (exact) mass is 225 g/mol. The minimum atomic E-state index is 0.205. The van der Waals surface area contributed by atoms with E-state index >= 15 is 0 Å². The van der Waals surface area contributed by atoms with Crippen molar-refractivity contribution >= 4 is 26.8 Å². The SMILES string of the molecule is Cc1cc(Br)c2[nH]c(O)cc2c1. The van der Waals surface area contributed by atoms with Crippen LogP contribution in [0.5, 0.6) is 5.88 Å². The molecule has 1 aromatic carbocycles. The van der Waals surface area contributed by atoms with Gasteiger partial charge in [0.05, 0.1) is 5.52 Å². The number of nitrogens with one attached hydrogen (secondary N) is 1. The van der Waals surface area contributed by atoms with Crippen molar-refractivity contribution in [2.24, 2.45) is 0 Å². The van der Waals surface area contributed by atoms with Gasteiger partial charge in [0.15, 0.2) is 5.88 Å². The summed E-state index contributed by atoms with van der Waals surface area (Å²) in [7, 11) is 0. The van der Waals surface area contributed by atoms with Crippen LogP contribution in [0, 0.1) is 6.92 Å². The molecule has 3 heteroatoms. The van der Waals surface area contributed by atoms with Gasteiger partial charge in [-0.05, 0) is 40.5 Å². The lowest BCUT2D eigenvalue weighted by molar-refractivity contribution is 0.458. The average Bonchev–Trinajstić information content (AvgIpc) is 2.29. The maximum absolute atomic E-state index is 9.20. The Morgan fingerprint density at radius 2 is 2.08 bits per heavy atom. The maximum atomic E-state index is 9.20. The summed E-state index contributed by atoms with van der Waals surface area (Å²) in [5.41, 5.74) is 2.12. The molecule has 0 atom stereocenters. The van der Waals surface area contributed by atoms with Crippen molar-refractivity contribution in [2.45, 2.75) is 6.92 Å². The number of benzene rings is 1. The molecule has 0 amide bonds. The Hall–Kier alpha value is -0.960. The molecule has 0 saturated heterocycles. The summed E-state index contributed by atoms with van der Waals surface area (Å²) in [6.45, 7) is 2.02. The molecule has 12 heavy (non-hydrogen) atoms. The Kier molecular flexibility index (Phi) is 1.61. The third kappa shape index (κ3) is 1.10. The second-order valence-corrected chi connectivity index (χ2v) is 3.72. The molecule has 62 valence electrons. The molecule has 0 aliphatic rings. The topological polar surface area (TPSA) is 36.0 Å². The first kappa shape index (κ1) is 7.68. The highest BCUT2D eigenvalue weighted by Gasteiger charge is 2.03. The number of fused-ring (bicyclic) bond motifs is 1. The van der Waals surface area contributed by atoms with Crippen LogP contribution < -0.4 is 0 Å². The molecule has 1 aromatic heterocycles. The van der Waals surface area contributed by atoms with Crippen LogP contribution in [0.15, 0.2) is 22.7 Å². The summed E-state index contributed by atoms with van der Waals surface area (Å²) in [5, 5.41) is 10.2. The zero-order valence-electron chi connectivity index (χ0n) is 6.56. The molecule has 1 heterocycles. The highest BCUT2D eigenvalue weighted by atomic mass is 79.9. The van der Waals surface area contributed by atoms with Crippen LogP contribution in [-0.4, -0.2) is 10.1 Å². The number of hydrogen-bond acceptors (Lipinski definition) is 1. The molecule has 2 rings (SSSR count). The van der Waals surface area contributed by atoms with Gasteiger partial charge in [0.2, 0.25) is 0 Å². The van der Waals surface area contributed by atoms with Gasteiger partial charge in [-0.3, -0.25) is 0 Å². The molecule has 2 nitrogen and oxygen atoms in total. The van der Waals surface area contributed by atoms with Gasteiger partial charge in [0.1, 0.15) is 0 Å². The van der Waals surface area contributed by atoms with Crippen LogP contribution >= 0.6 is 15.9 Å². The zero-order chi connectivity index (χ0) is 8.72. The maximum Gasteiger partial charge on any atom is 0.189 e. The van der Waals surface area contributed by atoms with E-state index in [4.69, 9.17) is 0 Å². The minimum absolute atomic E-state index is 0.205. The molecule has 0 aliphatic carbocycles. The summed E-state index contributed by atoms with van der Waals surface area (Å²) in [5.74, 6) is 0.205. The van der Waals surface area contributed by atoms with E-state index in [-0.39, 0.29) is 5.88 Å². The molecule has 0 saturated carbocycles. The summed E-state index contributed by atoms with van der Waals surface area (Å²) in [4.78, 5) is 2.86. The Morgan fingerprint density at radius 1 is 1.33 bits per heavy atom. The van der Waals surface area contributed by atoms with Crippen molar-refractivity contribution in [3.8, 4) is 5.88 Å². The summed E-state index contributed by atoms with van der Waals surface area (Å²) in [6, 6.07) is 5.75. The highest BCUT2D eigenvalue weighted by Crippen LogP contribution is 2.27. The first-order valence-electron chi connectivity index (χ1n) is 3.64. The third-order valence-corrected chi connectivity index (χ3v) is 2.44. The van der Waals surface area contributed by atoms with Crippen molar-refractivity contribution < 1.29 is 5.11 Å². The Labute approximate surface area is 78.3 Å². The number of rotatable bonds is 0. The van der Waals surface area contributed by atoms with Crippen molar-refractivity contribution in [1.82, 2.24) is 4.98 Å². The number of H-pyrrole nitrogens is 1. The van der Waals surface area contributed by atoms with Gasteiger partial charge in [-0.2, -0.15) is 0 Å². The van der Waals surface area contributed by atoms with E-state index in [1.807, 2.05) is 19.1 Å². The summed E-state index contributed by atoms with van der Waals surface area (Å²) >= 11 is 3.42. The number of aromatic hydroxyl groups is 1. The molecule has 0 spiro atoms. The van der Waals surface area contributed by atoms with Gasteiger partial charge >= 0.3 is 0 Å². The van der Waals surface area contributed by atoms with Crippen LogP contribution in [0.4, 0.5) is 0 Å². The van der Waals surface area contributed by atoms with E-state index in [1.54, 1.807) is 6.07 Å². The van der Waals surface area contributed by atoms with E-state index in [0.717, 1.165) is 15.4 Å². The fourth-order valence-corrected chi connectivity index (χ4v) is 2.02. The first-order chi connectivity index (χ1) is 5.66. The summed E-state index contributed by atoms with van der Waals surface area (Å²) in [6.07, 6.45) is 0. The van der Waals surface area contributed by atoms with Gasteiger partial charge in [0.25, 0.3) is 0 Å². The number of aryl methyl sites for hydroxylation is 1. The van der Waals surface area contributed by atoms with Crippen molar-refractivity contribution in [3.05, 3.63) is 28.2 Å². The van der Waals surface area contributed by atoms with Gasteiger partial charge in [0, 0.05) is 15.9 Å². The third-order valence-electron chi connectivity index (χ3n) is 1.81. The molecule has 2 aromatic rings. The first-order valence-corrected chi connectivity index (χ1v) is 4.44. The van der Waals surface area contributed by atoms with Gasteiger partial charge in [-0.15, -0.1) is 0 Å². The number of halogens is 1. The Balaban J connectivity index is 2.88. The lowest BCUT2D eigenvalue weighted by Crippen LogP contribution is -1.74. The van der Waals surface area contributed by atoms with Crippen LogP contribution in [0.25, 0.3) is 10.9 Å². The number of aromatic amines is 1. The molecule has 2 N–H and O–H groups in total. The lowest BCUT2D eigenvalue weighted by atomic mass is 10.2. The fraction of sp³-hybridized carbons (Fsp3) is 0.111. The Morgan fingerprint density at radius 3 is 2.83 bits per heavy atom. The largest absolute Gasteiger partial charge is 0.495 e. The smallest absolute Gasteiger partial charge is 0.189 e. The average molecular weight is 226 g/mol. The van der Waals surface area contributed by atoms with E-state index in [0.29, 0.717) is 0 Å². The second kappa shape index (κ2) is 2.52. The molecule has 0 bridgehead atoms. The lowest BCUT2D eigenvalue weighted by Gasteiger charge is -1.95. The standard InChI is InChI=1S/C9H8BrNO/c1-5-2-6-4-8(12)11-9(6)7(10)3-5/h2-4,11-12H,1H3. The zero-order valence-corrected chi connectivity index (χ0v) is 8.14. The molecular weight excluding hydrogens is 218 g/mol. The molecule has 0 aliphatic heterocycles. The predicted octanol–water partition coefficient (Wildman–Crippen LogP) is 2.94. The van der Waals surface area contributed by atoms with Gasteiger partial charge in [-0.1, -0.05) is 0 Å². The normalized spacial score (nSPS) is 10.8. The Bertz CT molecular complexity index is 433. The van der Waals surface area contributed by atoms with E-state index in [1.165, 1.54) is 5.56 Å². The van der Waals surface area contributed by atoms with Crippen LogP contribution in [0.1, 0.15) is 5.56 Å². The van der Waals surface area contributed by atoms with Gasteiger partial charge < -0.3 is 10.1 Å². The van der Waals surface area contributed by atoms with E-state index < -0.39 is 0 Å². The second-order valence-electron chi connectivity index (χ2n) is 2.87.